The van der Waals surface area contributed by atoms with E-state index in [9.17, 15) is 8.42 Å². The number of nitrogens with two attached hydrogens (primary N) is 1. The molecule has 21 heavy (non-hydrogen) atoms. The first-order chi connectivity index (χ1) is 9.89. The van der Waals surface area contributed by atoms with Gasteiger partial charge < -0.3 is 10.3 Å². The molecule has 6 nitrogen and oxygen atoms in total. The van der Waals surface area contributed by atoms with E-state index in [2.05, 4.69) is 10.1 Å². The lowest BCUT2D eigenvalue weighted by Gasteiger charge is -2.04. The second kappa shape index (κ2) is 6.59. The number of hydrogen-bond acceptors (Lipinski definition) is 7. The Morgan fingerprint density at radius 2 is 2.00 bits per heavy atom. The smallest absolute Gasteiger partial charge is 0.243 e. The van der Waals surface area contributed by atoms with Crippen LogP contribution < -0.4 is 5.73 Å². The van der Waals surface area contributed by atoms with Crippen molar-refractivity contribution < 1.29 is 12.9 Å². The van der Waals surface area contributed by atoms with Gasteiger partial charge in [-0.1, -0.05) is 5.16 Å². The number of aromatic nitrogens is 2. The Balaban J connectivity index is 2.09. The number of hydrogen-bond donors (Lipinski definition) is 1. The van der Waals surface area contributed by atoms with Gasteiger partial charge in [-0.15, -0.1) is 11.8 Å². The fraction of sp³-hybridized carbons (Fsp3) is 0.385. The van der Waals surface area contributed by atoms with Crippen molar-refractivity contribution in [2.45, 2.75) is 17.4 Å². The van der Waals surface area contributed by atoms with Crippen LogP contribution in [0.3, 0.4) is 0 Å². The lowest BCUT2D eigenvalue weighted by molar-refractivity contribution is 0.352. The highest BCUT2D eigenvalue weighted by molar-refractivity contribution is 7.98. The Hall–Kier alpha value is -1.38. The van der Waals surface area contributed by atoms with Crippen LogP contribution in [0.25, 0.3) is 11.4 Å². The molecule has 0 amide bonds. The molecule has 1 heterocycles. The van der Waals surface area contributed by atoms with E-state index in [1.807, 2.05) is 30.5 Å². The molecule has 1 unspecified atom stereocenters. The molecule has 8 heteroatoms. The van der Waals surface area contributed by atoms with Gasteiger partial charge in [0.2, 0.25) is 11.7 Å². The largest absolute Gasteiger partial charge is 0.337 e. The summed E-state index contributed by atoms with van der Waals surface area (Å²) in [5.74, 6) is 0.698. The zero-order valence-electron chi connectivity index (χ0n) is 11.8. The number of sulfone groups is 1. The maximum absolute atomic E-state index is 11.1. The lowest BCUT2D eigenvalue weighted by atomic mass is 10.2. The highest BCUT2D eigenvalue weighted by Crippen LogP contribution is 2.22. The SMILES string of the molecule is CSc1ccc(-c2noc(C(N)CCS(C)(=O)=O)n2)cc1. The number of thioether (sulfide) groups is 1. The van der Waals surface area contributed by atoms with Crippen LogP contribution >= 0.6 is 11.8 Å². The zero-order valence-corrected chi connectivity index (χ0v) is 13.4. The van der Waals surface area contributed by atoms with E-state index in [0.29, 0.717) is 5.82 Å². The van der Waals surface area contributed by atoms with Crippen LogP contribution in [0.4, 0.5) is 0 Å². The summed E-state index contributed by atoms with van der Waals surface area (Å²) in [6.07, 6.45) is 3.43. The van der Waals surface area contributed by atoms with Gasteiger partial charge in [-0.05, 0) is 36.9 Å². The van der Waals surface area contributed by atoms with E-state index in [1.165, 1.54) is 6.26 Å². The Bertz CT molecular complexity index is 696. The third-order valence-corrected chi connectivity index (χ3v) is 4.63. The summed E-state index contributed by atoms with van der Waals surface area (Å²) in [6, 6.07) is 7.18. The molecule has 2 aromatic rings. The Kier molecular flexibility index (Phi) is 5.02. The molecular weight excluding hydrogens is 310 g/mol. The molecule has 0 bridgehead atoms. The third-order valence-electron chi connectivity index (χ3n) is 2.91. The van der Waals surface area contributed by atoms with E-state index in [-0.39, 0.29) is 18.1 Å². The van der Waals surface area contributed by atoms with Crippen molar-refractivity contribution >= 4 is 21.6 Å². The van der Waals surface area contributed by atoms with Crippen LogP contribution in [-0.2, 0) is 9.84 Å². The number of rotatable bonds is 6. The molecule has 114 valence electrons. The van der Waals surface area contributed by atoms with Crippen molar-refractivity contribution in [3.8, 4) is 11.4 Å². The van der Waals surface area contributed by atoms with E-state index < -0.39 is 15.9 Å². The predicted molar refractivity (Wildman–Crippen MR) is 82.8 cm³/mol. The normalized spacial score (nSPS) is 13.3. The van der Waals surface area contributed by atoms with Crippen LogP contribution in [0.15, 0.2) is 33.7 Å². The summed E-state index contributed by atoms with van der Waals surface area (Å²) in [5, 5.41) is 3.89. The number of nitrogens with zero attached hydrogens (tertiary/aromatic N) is 2. The molecule has 0 spiro atoms. The van der Waals surface area contributed by atoms with Crippen molar-refractivity contribution in [3.63, 3.8) is 0 Å². The van der Waals surface area contributed by atoms with Crippen LogP contribution in [0.5, 0.6) is 0 Å². The highest BCUT2D eigenvalue weighted by Gasteiger charge is 2.17. The van der Waals surface area contributed by atoms with Crippen molar-refractivity contribution in [2.75, 3.05) is 18.3 Å². The summed E-state index contributed by atoms with van der Waals surface area (Å²) < 4.78 is 27.4. The summed E-state index contributed by atoms with van der Waals surface area (Å²) in [4.78, 5) is 5.38. The minimum absolute atomic E-state index is 0.00565. The topological polar surface area (TPSA) is 99.1 Å². The molecule has 0 fully saturated rings. The fourth-order valence-electron chi connectivity index (χ4n) is 1.71. The molecular formula is C13H17N3O3S2. The minimum Gasteiger partial charge on any atom is -0.337 e. The van der Waals surface area contributed by atoms with Crippen LogP contribution in [0.2, 0.25) is 0 Å². The summed E-state index contributed by atoms with van der Waals surface area (Å²) in [7, 11) is -3.05. The van der Waals surface area contributed by atoms with Gasteiger partial charge in [0.25, 0.3) is 0 Å². The van der Waals surface area contributed by atoms with Gasteiger partial charge in [-0.25, -0.2) is 8.42 Å². The first-order valence-corrected chi connectivity index (χ1v) is 9.59. The van der Waals surface area contributed by atoms with Crippen molar-refractivity contribution in [1.29, 1.82) is 0 Å². The Morgan fingerprint density at radius 3 is 2.57 bits per heavy atom. The Labute approximate surface area is 128 Å². The highest BCUT2D eigenvalue weighted by atomic mass is 32.2. The summed E-state index contributed by atoms with van der Waals surface area (Å²) >= 11 is 1.65. The maximum atomic E-state index is 11.1. The quantitative estimate of drug-likeness (QED) is 0.809. The molecule has 0 radical (unpaired) electrons. The first-order valence-electron chi connectivity index (χ1n) is 6.30. The molecule has 1 aromatic heterocycles. The van der Waals surface area contributed by atoms with Gasteiger partial charge in [0.15, 0.2) is 0 Å². The molecule has 2 N–H and O–H groups in total. The molecule has 1 atom stereocenters. The van der Waals surface area contributed by atoms with Gasteiger partial charge in [-0.3, -0.25) is 0 Å². The maximum Gasteiger partial charge on any atom is 0.243 e. The van der Waals surface area contributed by atoms with Crippen molar-refractivity contribution in [3.05, 3.63) is 30.2 Å². The predicted octanol–water partition coefficient (Wildman–Crippen LogP) is 1.89. The molecule has 0 saturated carbocycles. The average molecular weight is 327 g/mol. The van der Waals surface area contributed by atoms with Gasteiger partial charge in [-0.2, -0.15) is 4.98 Å². The van der Waals surface area contributed by atoms with Crippen molar-refractivity contribution in [2.24, 2.45) is 5.73 Å². The minimum atomic E-state index is -3.05. The van der Waals surface area contributed by atoms with E-state index in [4.69, 9.17) is 10.3 Å². The molecule has 0 aliphatic carbocycles. The second-order valence-corrected chi connectivity index (χ2v) is 7.85. The first kappa shape index (κ1) is 16.0. The molecule has 0 saturated heterocycles. The zero-order chi connectivity index (χ0) is 15.5. The lowest BCUT2D eigenvalue weighted by Crippen LogP contribution is -2.16. The molecule has 1 aromatic carbocycles. The second-order valence-electron chi connectivity index (χ2n) is 4.71. The standard InChI is InChI=1S/C13H17N3O3S2/c1-20-10-5-3-9(4-6-10)12-15-13(19-16-12)11(14)7-8-21(2,17)18/h3-6,11H,7-8,14H2,1-2H3. The average Bonchev–Trinajstić information content (AvgIpc) is 2.94. The van der Waals surface area contributed by atoms with Crippen molar-refractivity contribution in [1.82, 2.24) is 10.1 Å². The van der Waals surface area contributed by atoms with Crippen LogP contribution in [0, 0.1) is 0 Å². The van der Waals surface area contributed by atoms with E-state index in [0.717, 1.165) is 10.5 Å². The molecule has 0 aliphatic rings. The van der Waals surface area contributed by atoms with Gasteiger partial charge in [0.1, 0.15) is 9.84 Å². The third kappa shape index (κ3) is 4.55. The molecule has 2 rings (SSSR count). The summed E-state index contributed by atoms with van der Waals surface area (Å²) in [6.45, 7) is 0. The van der Waals surface area contributed by atoms with E-state index in [1.54, 1.807) is 11.8 Å². The van der Waals surface area contributed by atoms with Gasteiger partial charge >= 0.3 is 0 Å². The fourth-order valence-corrected chi connectivity index (χ4v) is 2.80. The van der Waals surface area contributed by atoms with Gasteiger partial charge in [0, 0.05) is 16.7 Å². The summed E-state index contributed by atoms with van der Waals surface area (Å²) in [5.41, 5.74) is 6.71. The Morgan fingerprint density at radius 1 is 1.33 bits per heavy atom. The van der Waals surface area contributed by atoms with Gasteiger partial charge in [0.05, 0.1) is 11.8 Å². The van der Waals surface area contributed by atoms with E-state index >= 15 is 0 Å². The van der Waals surface area contributed by atoms with Crippen LogP contribution in [-0.4, -0.2) is 36.8 Å². The number of benzene rings is 1. The van der Waals surface area contributed by atoms with Crippen LogP contribution in [0.1, 0.15) is 18.4 Å². The monoisotopic (exact) mass is 327 g/mol. The molecule has 0 aliphatic heterocycles.